The first-order valence-electron chi connectivity index (χ1n) is 4.41. The van der Waals surface area contributed by atoms with E-state index in [4.69, 9.17) is 5.11 Å². The van der Waals surface area contributed by atoms with Crippen LogP contribution < -0.4 is 5.32 Å². The Bertz CT molecular complexity index is 368. The van der Waals surface area contributed by atoms with Crippen LogP contribution in [-0.2, 0) is 0 Å². The Balaban J connectivity index is 2.82. The van der Waals surface area contributed by atoms with Gasteiger partial charge in [0.2, 0.25) is 0 Å². The van der Waals surface area contributed by atoms with Gasteiger partial charge in [0, 0.05) is 15.0 Å². The highest BCUT2D eigenvalue weighted by Crippen LogP contribution is 2.21. The van der Waals surface area contributed by atoms with Crippen molar-refractivity contribution in [3.63, 3.8) is 0 Å². The first-order chi connectivity index (χ1) is 7.04. The molecule has 0 fully saturated rings. The Kier molecular flexibility index (Phi) is 4.76. The third-order valence-corrected chi connectivity index (χ3v) is 2.98. The normalized spacial score (nSPS) is 12.3. The van der Waals surface area contributed by atoms with E-state index >= 15 is 0 Å². The summed E-state index contributed by atoms with van der Waals surface area (Å²) in [7, 11) is 0. The molecule has 1 aromatic carbocycles. The van der Waals surface area contributed by atoms with Crippen molar-refractivity contribution in [2.24, 2.45) is 0 Å². The number of hydrogen-bond donors (Lipinski definition) is 2. The van der Waals surface area contributed by atoms with Gasteiger partial charge in [-0.2, -0.15) is 0 Å². The van der Waals surface area contributed by atoms with Crippen LogP contribution in [0, 0.1) is 0 Å². The van der Waals surface area contributed by atoms with Gasteiger partial charge < -0.3 is 10.4 Å². The largest absolute Gasteiger partial charge is 0.394 e. The highest BCUT2D eigenvalue weighted by atomic mass is 79.9. The van der Waals surface area contributed by atoms with Gasteiger partial charge >= 0.3 is 0 Å². The summed E-state index contributed by atoms with van der Waals surface area (Å²) in [6.45, 7) is 1.67. The van der Waals surface area contributed by atoms with Crippen LogP contribution in [0.4, 0.5) is 0 Å². The molecule has 0 aromatic heterocycles. The van der Waals surface area contributed by atoms with Gasteiger partial charge in [-0.05, 0) is 41.1 Å². The smallest absolute Gasteiger partial charge is 0.252 e. The molecule has 1 atom stereocenters. The molecule has 82 valence electrons. The number of hydrogen-bond acceptors (Lipinski definition) is 2. The third-order valence-electron chi connectivity index (χ3n) is 1.83. The molecule has 2 N–H and O–H groups in total. The Morgan fingerprint density at radius 2 is 2.20 bits per heavy atom. The Morgan fingerprint density at radius 3 is 2.73 bits per heavy atom. The number of carbonyl (C=O) groups is 1. The molecule has 1 amide bonds. The average Bonchev–Trinajstić information content (AvgIpc) is 2.17. The summed E-state index contributed by atoms with van der Waals surface area (Å²) in [6.07, 6.45) is 0. The predicted octanol–water partition coefficient (Wildman–Crippen LogP) is 2.32. The molecular weight excluding hydrogens is 326 g/mol. The minimum absolute atomic E-state index is 0.0696. The lowest BCUT2D eigenvalue weighted by Gasteiger charge is -2.11. The summed E-state index contributed by atoms with van der Waals surface area (Å²) in [5.41, 5.74) is 0.554. The second-order valence-corrected chi connectivity index (χ2v) is 4.95. The number of carbonyl (C=O) groups excluding carboxylic acids is 1. The number of amides is 1. The van der Waals surface area contributed by atoms with Crippen LogP contribution >= 0.6 is 31.9 Å². The number of halogens is 2. The lowest BCUT2D eigenvalue weighted by Crippen LogP contribution is -2.35. The number of aliphatic hydroxyl groups excluding tert-OH is 1. The molecule has 0 saturated carbocycles. The maximum Gasteiger partial charge on any atom is 0.252 e. The molecule has 0 aliphatic carbocycles. The molecule has 5 heteroatoms. The van der Waals surface area contributed by atoms with E-state index in [0.29, 0.717) is 5.56 Å². The zero-order valence-corrected chi connectivity index (χ0v) is 11.3. The van der Waals surface area contributed by atoms with Gasteiger partial charge in [-0.25, -0.2) is 0 Å². The average molecular weight is 337 g/mol. The summed E-state index contributed by atoms with van der Waals surface area (Å²) in [5.74, 6) is -0.198. The molecule has 0 heterocycles. The fourth-order valence-corrected chi connectivity index (χ4v) is 2.25. The maximum absolute atomic E-state index is 11.7. The van der Waals surface area contributed by atoms with Gasteiger partial charge in [-0.1, -0.05) is 15.9 Å². The molecule has 1 aromatic rings. The zero-order valence-electron chi connectivity index (χ0n) is 8.13. The lowest BCUT2D eigenvalue weighted by atomic mass is 10.2. The lowest BCUT2D eigenvalue weighted by molar-refractivity contribution is 0.0921. The molecule has 0 spiro atoms. The van der Waals surface area contributed by atoms with Crippen molar-refractivity contribution in [3.05, 3.63) is 32.7 Å². The quantitative estimate of drug-likeness (QED) is 0.890. The number of rotatable bonds is 3. The van der Waals surface area contributed by atoms with E-state index in [1.807, 2.05) is 0 Å². The predicted molar refractivity (Wildman–Crippen MR) is 65.9 cm³/mol. The fourth-order valence-electron chi connectivity index (χ4n) is 1.02. The number of benzene rings is 1. The number of aliphatic hydroxyl groups is 1. The van der Waals surface area contributed by atoms with Crippen LogP contribution in [0.1, 0.15) is 17.3 Å². The van der Waals surface area contributed by atoms with Crippen molar-refractivity contribution in [1.82, 2.24) is 5.32 Å². The molecule has 0 bridgehead atoms. The Morgan fingerprint density at radius 1 is 1.53 bits per heavy atom. The zero-order chi connectivity index (χ0) is 11.4. The van der Waals surface area contributed by atoms with Crippen LogP contribution in [0.3, 0.4) is 0 Å². The van der Waals surface area contributed by atoms with E-state index < -0.39 is 0 Å². The van der Waals surface area contributed by atoms with Crippen molar-refractivity contribution >= 4 is 37.8 Å². The van der Waals surface area contributed by atoms with E-state index in [2.05, 4.69) is 37.2 Å². The second kappa shape index (κ2) is 5.63. The van der Waals surface area contributed by atoms with Crippen molar-refractivity contribution < 1.29 is 9.90 Å². The van der Waals surface area contributed by atoms with E-state index in [1.54, 1.807) is 25.1 Å². The van der Waals surface area contributed by atoms with Gasteiger partial charge in [0.1, 0.15) is 0 Å². The number of nitrogens with one attached hydrogen (secondary N) is 1. The van der Waals surface area contributed by atoms with Crippen molar-refractivity contribution in [3.8, 4) is 0 Å². The van der Waals surface area contributed by atoms with Crippen molar-refractivity contribution in [2.45, 2.75) is 13.0 Å². The van der Waals surface area contributed by atoms with E-state index in [-0.39, 0.29) is 18.6 Å². The van der Waals surface area contributed by atoms with Crippen LogP contribution in [0.25, 0.3) is 0 Å². The van der Waals surface area contributed by atoms with Gasteiger partial charge in [-0.3, -0.25) is 4.79 Å². The summed E-state index contributed by atoms with van der Waals surface area (Å²) < 4.78 is 1.63. The molecule has 3 nitrogen and oxygen atoms in total. The highest BCUT2D eigenvalue weighted by Gasteiger charge is 2.12. The van der Waals surface area contributed by atoms with Crippen LogP contribution in [0.15, 0.2) is 27.1 Å². The summed E-state index contributed by atoms with van der Waals surface area (Å²) in [4.78, 5) is 11.7. The Labute approximate surface area is 105 Å². The summed E-state index contributed by atoms with van der Waals surface area (Å²) >= 11 is 6.61. The summed E-state index contributed by atoms with van der Waals surface area (Å²) in [6, 6.07) is 5.07. The molecule has 0 radical (unpaired) electrons. The fraction of sp³-hybridized carbons (Fsp3) is 0.300. The van der Waals surface area contributed by atoms with Crippen molar-refractivity contribution in [1.29, 1.82) is 0 Å². The molecule has 1 rings (SSSR count). The van der Waals surface area contributed by atoms with E-state index in [0.717, 1.165) is 8.95 Å². The van der Waals surface area contributed by atoms with Crippen molar-refractivity contribution in [2.75, 3.05) is 6.61 Å². The Hall–Kier alpha value is -0.390. The molecule has 0 aliphatic rings. The standard InChI is InChI=1S/C10H11Br2NO2/c1-6(5-14)13-10(15)8-3-2-7(11)4-9(8)12/h2-4,6,14H,5H2,1H3,(H,13,15)/t6-/m0/s1. The van der Waals surface area contributed by atoms with E-state index in [9.17, 15) is 4.79 Å². The minimum Gasteiger partial charge on any atom is -0.394 e. The van der Waals surface area contributed by atoms with E-state index in [1.165, 1.54) is 0 Å². The van der Waals surface area contributed by atoms with Gasteiger partial charge in [0.15, 0.2) is 0 Å². The second-order valence-electron chi connectivity index (χ2n) is 3.18. The molecule has 0 unspecified atom stereocenters. The molecule has 15 heavy (non-hydrogen) atoms. The minimum atomic E-state index is -0.243. The van der Waals surface area contributed by atoms with Crippen LogP contribution in [0.5, 0.6) is 0 Å². The topological polar surface area (TPSA) is 49.3 Å². The molecule has 0 saturated heterocycles. The first kappa shape index (κ1) is 12.7. The van der Waals surface area contributed by atoms with Crippen LogP contribution in [-0.4, -0.2) is 23.7 Å². The van der Waals surface area contributed by atoms with Gasteiger partial charge in [0.25, 0.3) is 5.91 Å². The molecule has 0 aliphatic heterocycles. The van der Waals surface area contributed by atoms with Gasteiger partial charge in [0.05, 0.1) is 12.2 Å². The van der Waals surface area contributed by atoms with Crippen LogP contribution in [0.2, 0.25) is 0 Å². The molecular formula is C10H11Br2NO2. The summed E-state index contributed by atoms with van der Waals surface area (Å²) in [5, 5.41) is 11.5. The van der Waals surface area contributed by atoms with Gasteiger partial charge in [-0.15, -0.1) is 0 Å². The highest BCUT2D eigenvalue weighted by molar-refractivity contribution is 9.11. The third kappa shape index (κ3) is 3.59. The SMILES string of the molecule is C[C@@H](CO)NC(=O)c1ccc(Br)cc1Br. The first-order valence-corrected chi connectivity index (χ1v) is 6.00. The maximum atomic E-state index is 11.7. The monoisotopic (exact) mass is 335 g/mol.